The number of anilines is 2. The molecule has 1 amide bonds. The fraction of sp³-hybridized carbons (Fsp3) is 0.500. The van der Waals surface area contributed by atoms with E-state index >= 15 is 4.39 Å². The minimum absolute atomic E-state index is 0.135. The number of amides is 1. The fourth-order valence-electron chi connectivity index (χ4n) is 4.44. The number of carbonyl (C=O) groups is 1. The third-order valence-corrected chi connectivity index (χ3v) is 6.95. The van der Waals surface area contributed by atoms with Gasteiger partial charge in [-0.2, -0.15) is 0 Å². The highest BCUT2D eigenvalue weighted by Crippen LogP contribution is 2.32. The van der Waals surface area contributed by atoms with E-state index in [9.17, 15) is 9.90 Å². The van der Waals surface area contributed by atoms with Crippen LogP contribution in [0.15, 0.2) is 36.4 Å². The molecule has 33 heavy (non-hydrogen) atoms. The Kier molecular flexibility index (Phi) is 6.64. The number of carbonyl (C=O) groups excluding carboxylic acids is 1. The number of benzene rings is 2. The Morgan fingerprint density at radius 1 is 1.21 bits per heavy atom. The van der Waals surface area contributed by atoms with Gasteiger partial charge < -0.3 is 24.5 Å². The Morgan fingerprint density at radius 3 is 2.67 bits per heavy atom. The van der Waals surface area contributed by atoms with E-state index in [1.165, 1.54) is 6.07 Å². The predicted molar refractivity (Wildman–Crippen MR) is 129 cm³/mol. The molecule has 1 fully saturated rings. The number of fused-ring (bicyclic) bond motifs is 1. The Balaban J connectivity index is 1.47. The van der Waals surface area contributed by atoms with Gasteiger partial charge in [-0.3, -0.25) is 4.79 Å². The summed E-state index contributed by atoms with van der Waals surface area (Å²) in [6, 6.07) is 10.9. The molecule has 1 N–H and O–H groups in total. The zero-order chi connectivity index (χ0) is 23.8. The topological polar surface area (TPSA) is 56.3 Å². The molecule has 1 saturated heterocycles. The molecule has 0 spiro atoms. The van der Waals surface area contributed by atoms with Crippen molar-refractivity contribution >= 4 is 17.3 Å². The van der Waals surface area contributed by atoms with E-state index in [1.54, 1.807) is 30.0 Å². The van der Waals surface area contributed by atoms with Crippen molar-refractivity contribution in [1.82, 2.24) is 4.90 Å². The fourth-order valence-corrected chi connectivity index (χ4v) is 4.44. The van der Waals surface area contributed by atoms with Gasteiger partial charge in [0.1, 0.15) is 18.2 Å². The van der Waals surface area contributed by atoms with Crippen LogP contribution in [0.2, 0.25) is 0 Å². The summed E-state index contributed by atoms with van der Waals surface area (Å²) in [5.41, 5.74) is 1.80. The molecule has 0 bridgehead atoms. The molecule has 0 aliphatic carbocycles. The van der Waals surface area contributed by atoms with Gasteiger partial charge >= 0.3 is 0 Å². The molecule has 1 unspecified atom stereocenters. The van der Waals surface area contributed by atoms with Crippen molar-refractivity contribution in [3.8, 4) is 5.75 Å². The largest absolute Gasteiger partial charge is 0.491 e. The summed E-state index contributed by atoms with van der Waals surface area (Å²) < 4.78 is 20.8. The van der Waals surface area contributed by atoms with Crippen LogP contribution in [0.25, 0.3) is 0 Å². The summed E-state index contributed by atoms with van der Waals surface area (Å²) in [7, 11) is 4.11. The lowest BCUT2D eigenvalue weighted by molar-refractivity contribution is 0.00843. The molecule has 0 aromatic heterocycles. The zero-order valence-corrected chi connectivity index (χ0v) is 20.0. The van der Waals surface area contributed by atoms with Gasteiger partial charge in [-0.1, -0.05) is 6.92 Å². The lowest BCUT2D eigenvalue weighted by atomic mass is 9.98. The first-order chi connectivity index (χ1) is 15.7. The smallest absolute Gasteiger partial charge is 0.258 e. The molecular formula is C26H34FN3O3. The van der Waals surface area contributed by atoms with E-state index in [0.29, 0.717) is 48.1 Å². The summed E-state index contributed by atoms with van der Waals surface area (Å²) in [6.45, 7) is 5.95. The Morgan fingerprint density at radius 2 is 2.00 bits per heavy atom. The summed E-state index contributed by atoms with van der Waals surface area (Å²) in [6.07, 6.45) is 2.26. The average Bonchev–Trinajstić information content (AvgIpc) is 3.28. The van der Waals surface area contributed by atoms with Crippen LogP contribution in [0.5, 0.6) is 5.75 Å². The van der Waals surface area contributed by atoms with Crippen molar-refractivity contribution in [2.75, 3.05) is 50.1 Å². The molecule has 2 aromatic carbocycles. The maximum Gasteiger partial charge on any atom is 0.258 e. The van der Waals surface area contributed by atoms with Gasteiger partial charge in [0.15, 0.2) is 0 Å². The second kappa shape index (κ2) is 9.31. The van der Waals surface area contributed by atoms with Crippen LogP contribution in [0.4, 0.5) is 15.8 Å². The van der Waals surface area contributed by atoms with Crippen molar-refractivity contribution in [3.05, 3.63) is 53.3 Å². The van der Waals surface area contributed by atoms with Crippen molar-refractivity contribution in [2.45, 2.75) is 44.8 Å². The van der Waals surface area contributed by atoms with Crippen LogP contribution in [-0.2, 0) is 6.42 Å². The van der Waals surface area contributed by atoms with Gasteiger partial charge in [-0.15, -0.1) is 0 Å². The molecule has 2 atom stereocenters. The highest BCUT2D eigenvalue weighted by molar-refractivity contribution is 6.08. The Labute approximate surface area is 195 Å². The molecule has 4 rings (SSSR count). The maximum absolute atomic E-state index is 15.0. The van der Waals surface area contributed by atoms with Crippen LogP contribution < -0.4 is 14.5 Å². The van der Waals surface area contributed by atoms with E-state index < -0.39 is 5.60 Å². The number of rotatable bonds is 7. The summed E-state index contributed by atoms with van der Waals surface area (Å²) in [5, 5.41) is 10.2. The number of halogens is 1. The Bertz CT molecular complexity index is 1020. The molecular weight excluding hydrogens is 421 g/mol. The minimum Gasteiger partial charge on any atom is -0.491 e. The van der Waals surface area contributed by atoms with E-state index in [1.807, 2.05) is 19.1 Å². The number of nitrogens with zero attached hydrogens (tertiary/aromatic N) is 3. The number of hydrogen-bond donors (Lipinski definition) is 1. The summed E-state index contributed by atoms with van der Waals surface area (Å²) >= 11 is 0. The first kappa shape index (κ1) is 23.5. The van der Waals surface area contributed by atoms with Crippen molar-refractivity contribution < 1.29 is 19.0 Å². The molecule has 2 heterocycles. The number of likely N-dealkylation sites (N-methyl/N-ethyl adjacent to an activating group) is 1. The standard InChI is InChI=1S/C26H34FN3O3/c1-5-26(2,32)17-33-21-7-8-22-18(14-21)10-13-30(25(22)31)19-6-9-24(23(27)15-19)29-12-11-20(16-29)28(3)4/h6-9,14-15,20,32H,5,10-13,16-17H2,1-4H3/t20-,26?/m1/s1. The van der Waals surface area contributed by atoms with Crippen LogP contribution >= 0.6 is 0 Å². The molecule has 2 aliphatic heterocycles. The summed E-state index contributed by atoms with van der Waals surface area (Å²) in [4.78, 5) is 19.1. The maximum atomic E-state index is 15.0. The molecule has 0 saturated carbocycles. The summed E-state index contributed by atoms with van der Waals surface area (Å²) in [5.74, 6) is 0.211. The molecule has 7 heteroatoms. The molecule has 2 aromatic rings. The van der Waals surface area contributed by atoms with Gasteiger partial charge in [0, 0.05) is 36.9 Å². The van der Waals surface area contributed by atoms with E-state index in [-0.39, 0.29) is 18.3 Å². The lowest BCUT2D eigenvalue weighted by Crippen LogP contribution is -2.38. The molecule has 178 valence electrons. The van der Waals surface area contributed by atoms with Crippen molar-refractivity contribution in [1.29, 1.82) is 0 Å². The molecule has 6 nitrogen and oxygen atoms in total. The van der Waals surface area contributed by atoms with Gasteiger partial charge in [0.25, 0.3) is 5.91 Å². The predicted octanol–water partition coefficient (Wildman–Crippen LogP) is 3.71. The molecule has 2 aliphatic rings. The van der Waals surface area contributed by atoms with Crippen LogP contribution in [0.3, 0.4) is 0 Å². The second-order valence-electron chi connectivity index (χ2n) is 9.65. The molecule has 0 radical (unpaired) electrons. The Hall–Kier alpha value is -2.64. The minimum atomic E-state index is -0.888. The monoisotopic (exact) mass is 455 g/mol. The lowest BCUT2D eigenvalue weighted by Gasteiger charge is -2.30. The normalized spacial score (nSPS) is 20.2. The van der Waals surface area contributed by atoms with E-state index in [4.69, 9.17) is 4.74 Å². The first-order valence-electron chi connectivity index (χ1n) is 11.7. The number of hydrogen-bond acceptors (Lipinski definition) is 5. The third-order valence-electron chi connectivity index (χ3n) is 6.95. The average molecular weight is 456 g/mol. The van der Waals surface area contributed by atoms with Crippen LogP contribution in [0, 0.1) is 5.82 Å². The van der Waals surface area contributed by atoms with Gasteiger partial charge in [0.2, 0.25) is 0 Å². The number of ether oxygens (including phenoxy) is 1. The first-order valence-corrected chi connectivity index (χ1v) is 11.7. The third kappa shape index (κ3) is 4.99. The van der Waals surface area contributed by atoms with Crippen LogP contribution in [0.1, 0.15) is 42.6 Å². The number of aliphatic hydroxyl groups is 1. The zero-order valence-electron chi connectivity index (χ0n) is 20.0. The SMILES string of the molecule is CCC(C)(O)COc1ccc2c(c1)CCN(c1ccc(N3CC[C@@H](N(C)C)C3)c(F)c1)C2=O. The van der Waals surface area contributed by atoms with Gasteiger partial charge in [0.05, 0.1) is 11.3 Å². The van der Waals surface area contributed by atoms with Crippen molar-refractivity contribution in [2.24, 2.45) is 0 Å². The highest BCUT2D eigenvalue weighted by atomic mass is 19.1. The van der Waals surface area contributed by atoms with E-state index in [2.05, 4.69) is 23.9 Å². The van der Waals surface area contributed by atoms with E-state index in [0.717, 1.165) is 25.1 Å². The van der Waals surface area contributed by atoms with Gasteiger partial charge in [-0.05, 0) is 82.2 Å². The van der Waals surface area contributed by atoms with Gasteiger partial charge in [-0.25, -0.2) is 4.39 Å². The second-order valence-corrected chi connectivity index (χ2v) is 9.65. The van der Waals surface area contributed by atoms with Crippen molar-refractivity contribution in [3.63, 3.8) is 0 Å². The quantitative estimate of drug-likeness (QED) is 0.690. The van der Waals surface area contributed by atoms with Crippen LogP contribution in [-0.4, -0.2) is 67.9 Å². The highest BCUT2D eigenvalue weighted by Gasteiger charge is 2.29.